The lowest BCUT2D eigenvalue weighted by Gasteiger charge is -2.43. The van der Waals surface area contributed by atoms with E-state index >= 15 is 0 Å². The molecule has 0 unspecified atom stereocenters. The second-order valence-electron chi connectivity index (χ2n) is 12.3. The van der Waals surface area contributed by atoms with E-state index in [0.29, 0.717) is 5.41 Å². The molecule has 2 heterocycles. The van der Waals surface area contributed by atoms with E-state index in [4.69, 9.17) is 14.0 Å². The highest BCUT2D eigenvalue weighted by Crippen LogP contribution is 2.39. The number of ether oxygens (including phenoxy) is 2. The minimum atomic E-state index is 0.394. The summed E-state index contributed by atoms with van der Waals surface area (Å²) in [6.45, 7) is 6.22. The highest BCUT2D eigenvalue weighted by molar-refractivity contribution is 5.84. The Kier molecular flexibility index (Phi) is 8.54. The molecule has 1 aliphatic heterocycles. The van der Waals surface area contributed by atoms with Gasteiger partial charge in [0.05, 0.1) is 24.5 Å². The average Bonchev–Trinajstić information content (AvgIpc) is 3.61. The van der Waals surface area contributed by atoms with Crippen LogP contribution in [0.25, 0.3) is 11.0 Å². The number of piperidine rings is 1. The van der Waals surface area contributed by atoms with Crippen LogP contribution in [0.5, 0.6) is 5.75 Å². The molecule has 2 aromatic rings. The van der Waals surface area contributed by atoms with Crippen LogP contribution in [-0.4, -0.2) is 69.0 Å². The van der Waals surface area contributed by atoms with E-state index in [1.54, 1.807) is 0 Å². The van der Waals surface area contributed by atoms with Crippen LogP contribution in [0.3, 0.4) is 0 Å². The highest BCUT2D eigenvalue weighted by Gasteiger charge is 2.35. The number of hydrogen-bond acceptors (Lipinski definition) is 6. The van der Waals surface area contributed by atoms with Gasteiger partial charge in [-0.25, -0.2) is 0 Å². The van der Waals surface area contributed by atoms with Crippen molar-refractivity contribution in [2.24, 2.45) is 17.3 Å². The molecule has 1 aromatic heterocycles. The quantitative estimate of drug-likeness (QED) is 0.363. The summed E-state index contributed by atoms with van der Waals surface area (Å²) in [5, 5.41) is 5.71. The third-order valence-corrected chi connectivity index (χ3v) is 8.84. The second-order valence-corrected chi connectivity index (χ2v) is 12.3. The average molecular weight is 498 g/mol. The second kappa shape index (κ2) is 11.8. The first-order valence-corrected chi connectivity index (χ1v) is 14.4. The van der Waals surface area contributed by atoms with Crippen LogP contribution in [0.4, 0.5) is 0 Å². The first-order chi connectivity index (χ1) is 17.5. The van der Waals surface area contributed by atoms with E-state index in [9.17, 15) is 0 Å². The molecule has 3 fully saturated rings. The molecule has 36 heavy (non-hydrogen) atoms. The lowest BCUT2D eigenvalue weighted by atomic mass is 9.74. The summed E-state index contributed by atoms with van der Waals surface area (Å²) < 4.78 is 17.8. The smallest absolute Gasteiger partial charge is 0.175 e. The van der Waals surface area contributed by atoms with Gasteiger partial charge in [0, 0.05) is 31.0 Å². The fourth-order valence-corrected chi connectivity index (χ4v) is 6.57. The molecule has 0 spiro atoms. The van der Waals surface area contributed by atoms with Crippen LogP contribution < -0.4 is 4.74 Å². The summed E-state index contributed by atoms with van der Waals surface area (Å²) in [4.78, 5) is 4.90. The van der Waals surface area contributed by atoms with Crippen LogP contribution in [-0.2, 0) is 17.7 Å². The van der Waals surface area contributed by atoms with Gasteiger partial charge >= 0.3 is 0 Å². The van der Waals surface area contributed by atoms with Gasteiger partial charge in [-0.1, -0.05) is 24.4 Å². The molecule has 2 aliphatic carbocycles. The van der Waals surface area contributed by atoms with E-state index in [-0.39, 0.29) is 0 Å². The zero-order chi connectivity index (χ0) is 25.0. The summed E-state index contributed by atoms with van der Waals surface area (Å²) in [6, 6.07) is 4.31. The number of aromatic nitrogens is 1. The van der Waals surface area contributed by atoms with Gasteiger partial charge in [0.25, 0.3) is 0 Å². The lowest BCUT2D eigenvalue weighted by molar-refractivity contribution is 0.00869. The number of likely N-dealkylation sites (tertiary alicyclic amines) is 1. The number of hydrogen-bond donors (Lipinski definition) is 0. The van der Waals surface area contributed by atoms with Gasteiger partial charge in [0.15, 0.2) is 5.58 Å². The maximum Gasteiger partial charge on any atom is 0.175 e. The molecular formula is C30H47N3O3. The minimum absolute atomic E-state index is 0.394. The largest absolute Gasteiger partial charge is 0.493 e. The molecule has 0 amide bonds. The van der Waals surface area contributed by atoms with Crippen LogP contribution in [0.2, 0.25) is 0 Å². The van der Waals surface area contributed by atoms with Gasteiger partial charge in [-0.2, -0.15) is 0 Å². The Hall–Kier alpha value is -1.63. The number of benzene rings is 1. The van der Waals surface area contributed by atoms with Crippen molar-refractivity contribution < 1.29 is 14.0 Å². The summed E-state index contributed by atoms with van der Waals surface area (Å²) >= 11 is 0. The molecule has 1 aromatic carbocycles. The van der Waals surface area contributed by atoms with Crippen molar-refractivity contribution >= 4 is 11.0 Å². The molecule has 5 rings (SSSR count). The van der Waals surface area contributed by atoms with Gasteiger partial charge in [-0.3, -0.25) is 0 Å². The molecule has 0 N–H and O–H groups in total. The van der Waals surface area contributed by atoms with Crippen LogP contribution in [0, 0.1) is 17.3 Å². The van der Waals surface area contributed by atoms with Crippen LogP contribution in [0.1, 0.15) is 75.5 Å². The Morgan fingerprint density at radius 1 is 1.06 bits per heavy atom. The number of aryl methyl sites for hydroxylation is 1. The molecule has 2 saturated carbocycles. The Morgan fingerprint density at radius 3 is 2.53 bits per heavy atom. The molecule has 6 nitrogen and oxygen atoms in total. The Balaban J connectivity index is 1.17. The van der Waals surface area contributed by atoms with Gasteiger partial charge in [0.2, 0.25) is 0 Å². The number of fused-ring (bicyclic) bond motifs is 1. The SMILES string of the molecule is COCC1(CN2CCC(CCc3noc4c(CN(C)C)c(OCC5CC5)ccc34)CC2)CCCCC1. The van der Waals surface area contributed by atoms with E-state index in [0.717, 1.165) is 60.6 Å². The van der Waals surface area contributed by atoms with Crippen molar-refractivity contribution in [2.45, 2.75) is 77.2 Å². The standard InChI is InChI=1S/C30H47N3O3/c1-32(2)19-26-28(35-20-24-7-8-24)12-10-25-27(31-36-29(25)26)11-9-23-13-17-33(18-14-23)21-30(22-34-3)15-5-4-6-16-30/h10,12,23-24H,4-9,11,13-22H2,1-3H3. The molecule has 0 radical (unpaired) electrons. The zero-order valence-electron chi connectivity index (χ0n) is 22.9. The van der Waals surface area contributed by atoms with Crippen molar-refractivity contribution in [1.29, 1.82) is 0 Å². The number of rotatable bonds is 12. The van der Waals surface area contributed by atoms with Crippen molar-refractivity contribution in [3.8, 4) is 5.75 Å². The molecule has 3 aliphatic rings. The van der Waals surface area contributed by atoms with Gasteiger partial charge in [-0.05, 0) is 103 Å². The predicted molar refractivity (Wildman–Crippen MR) is 144 cm³/mol. The summed E-state index contributed by atoms with van der Waals surface area (Å²) in [6.07, 6.45) is 14.2. The molecular weight excluding hydrogens is 450 g/mol. The molecule has 1 saturated heterocycles. The highest BCUT2D eigenvalue weighted by atomic mass is 16.5. The first kappa shape index (κ1) is 26.0. The van der Waals surface area contributed by atoms with Crippen molar-refractivity contribution in [2.75, 3.05) is 54.1 Å². The van der Waals surface area contributed by atoms with Gasteiger partial charge in [-0.15, -0.1) is 0 Å². The minimum Gasteiger partial charge on any atom is -0.493 e. The van der Waals surface area contributed by atoms with E-state index in [1.165, 1.54) is 89.2 Å². The summed E-state index contributed by atoms with van der Waals surface area (Å²) in [5.41, 5.74) is 3.56. The molecule has 200 valence electrons. The molecule has 0 atom stereocenters. The fourth-order valence-electron chi connectivity index (χ4n) is 6.57. The molecule has 6 heteroatoms. The van der Waals surface area contributed by atoms with Crippen LogP contribution >= 0.6 is 0 Å². The summed E-state index contributed by atoms with van der Waals surface area (Å²) in [7, 11) is 6.07. The number of nitrogens with zero attached hydrogens (tertiary/aromatic N) is 3. The maximum atomic E-state index is 6.19. The Labute approximate surface area is 217 Å². The molecule has 0 bridgehead atoms. The third-order valence-electron chi connectivity index (χ3n) is 8.84. The van der Waals surface area contributed by atoms with Crippen LogP contribution in [0.15, 0.2) is 16.7 Å². The van der Waals surface area contributed by atoms with Crippen molar-refractivity contribution in [1.82, 2.24) is 15.0 Å². The lowest BCUT2D eigenvalue weighted by Crippen LogP contribution is -2.45. The third kappa shape index (κ3) is 6.43. The van der Waals surface area contributed by atoms with Gasteiger partial charge < -0.3 is 23.8 Å². The normalized spacial score (nSPS) is 21.4. The number of methoxy groups -OCH3 is 1. The van der Waals surface area contributed by atoms with E-state index < -0.39 is 0 Å². The first-order valence-electron chi connectivity index (χ1n) is 14.4. The Morgan fingerprint density at radius 2 is 1.83 bits per heavy atom. The topological polar surface area (TPSA) is 51.0 Å². The van der Waals surface area contributed by atoms with Gasteiger partial charge in [0.1, 0.15) is 5.75 Å². The predicted octanol–water partition coefficient (Wildman–Crippen LogP) is 5.92. The monoisotopic (exact) mass is 497 g/mol. The van der Waals surface area contributed by atoms with Crippen molar-refractivity contribution in [3.63, 3.8) is 0 Å². The Bertz CT molecular complexity index is 964. The fraction of sp³-hybridized carbons (Fsp3) is 0.767. The van der Waals surface area contributed by atoms with E-state index in [2.05, 4.69) is 41.2 Å². The maximum absolute atomic E-state index is 6.19. The van der Waals surface area contributed by atoms with E-state index in [1.807, 2.05) is 7.11 Å². The summed E-state index contributed by atoms with van der Waals surface area (Å²) in [5.74, 6) is 2.47. The zero-order valence-corrected chi connectivity index (χ0v) is 22.9. The van der Waals surface area contributed by atoms with Crippen molar-refractivity contribution in [3.05, 3.63) is 23.4 Å².